The first kappa shape index (κ1) is 14.2. The number of thioether (sulfide) groups is 1. The van der Waals surface area contributed by atoms with Crippen LogP contribution in [0.1, 0.15) is 10.6 Å². The van der Waals surface area contributed by atoms with Gasteiger partial charge in [-0.3, -0.25) is 9.36 Å². The monoisotopic (exact) mass is 308 g/mol. The van der Waals surface area contributed by atoms with Crippen molar-refractivity contribution < 1.29 is 9.21 Å². The predicted molar refractivity (Wildman–Crippen MR) is 87.7 cm³/mol. The SMILES string of the molecule is C#CCSc1nc2ccccc2n1C(=O)/C=C\c1ccco1. The molecule has 0 unspecified atom stereocenters. The van der Waals surface area contributed by atoms with E-state index in [0.717, 1.165) is 11.0 Å². The van der Waals surface area contributed by atoms with E-state index in [9.17, 15) is 4.79 Å². The molecule has 0 amide bonds. The first-order valence-electron chi connectivity index (χ1n) is 6.59. The van der Waals surface area contributed by atoms with Crippen molar-refractivity contribution in [2.75, 3.05) is 5.75 Å². The number of fused-ring (bicyclic) bond motifs is 1. The highest BCUT2D eigenvalue weighted by molar-refractivity contribution is 7.99. The summed E-state index contributed by atoms with van der Waals surface area (Å²) in [5.74, 6) is 3.43. The van der Waals surface area contributed by atoms with E-state index in [0.29, 0.717) is 16.7 Å². The third kappa shape index (κ3) is 2.83. The average molecular weight is 308 g/mol. The number of nitrogens with zero attached hydrogens (tertiary/aromatic N) is 2. The molecule has 5 heteroatoms. The van der Waals surface area contributed by atoms with E-state index in [4.69, 9.17) is 10.8 Å². The summed E-state index contributed by atoms with van der Waals surface area (Å²) in [5, 5.41) is 0.591. The van der Waals surface area contributed by atoms with Crippen molar-refractivity contribution in [3.63, 3.8) is 0 Å². The fourth-order valence-corrected chi connectivity index (χ4v) is 2.73. The molecule has 0 radical (unpaired) electrons. The van der Waals surface area contributed by atoms with Gasteiger partial charge in [-0.25, -0.2) is 4.98 Å². The largest absolute Gasteiger partial charge is 0.465 e. The van der Waals surface area contributed by atoms with Gasteiger partial charge >= 0.3 is 0 Å². The van der Waals surface area contributed by atoms with Gasteiger partial charge in [0.1, 0.15) is 5.76 Å². The minimum absolute atomic E-state index is 0.190. The summed E-state index contributed by atoms with van der Waals surface area (Å²) in [6.07, 6.45) is 9.96. The Labute approximate surface area is 131 Å². The summed E-state index contributed by atoms with van der Waals surface area (Å²) in [4.78, 5) is 17.0. The van der Waals surface area contributed by atoms with E-state index < -0.39 is 0 Å². The van der Waals surface area contributed by atoms with Gasteiger partial charge in [-0.05, 0) is 30.3 Å². The normalized spacial score (nSPS) is 11.0. The molecular formula is C17H12N2O2S. The molecule has 3 rings (SSSR count). The molecular weight excluding hydrogens is 296 g/mol. The molecule has 4 nitrogen and oxygen atoms in total. The van der Waals surface area contributed by atoms with Gasteiger partial charge in [0.15, 0.2) is 5.16 Å². The van der Waals surface area contributed by atoms with Crippen molar-refractivity contribution in [3.05, 3.63) is 54.5 Å². The van der Waals surface area contributed by atoms with Crippen molar-refractivity contribution in [2.45, 2.75) is 5.16 Å². The number of imidazole rings is 1. The smallest absolute Gasteiger partial charge is 0.257 e. The number of carbonyl (C=O) groups excluding carboxylic acids is 1. The topological polar surface area (TPSA) is 48.0 Å². The number of furan rings is 1. The van der Waals surface area contributed by atoms with Gasteiger partial charge in [-0.15, -0.1) is 6.42 Å². The number of hydrogen-bond donors (Lipinski definition) is 0. The van der Waals surface area contributed by atoms with Crippen molar-refractivity contribution in [3.8, 4) is 12.3 Å². The van der Waals surface area contributed by atoms with Gasteiger partial charge in [0.25, 0.3) is 5.91 Å². The molecule has 3 aromatic rings. The van der Waals surface area contributed by atoms with Crippen LogP contribution in [0, 0.1) is 12.3 Å². The first-order valence-corrected chi connectivity index (χ1v) is 7.58. The molecule has 0 atom stereocenters. The van der Waals surface area contributed by atoms with Crippen LogP contribution in [0.2, 0.25) is 0 Å². The lowest BCUT2D eigenvalue weighted by Crippen LogP contribution is -2.08. The number of benzene rings is 1. The van der Waals surface area contributed by atoms with Crippen molar-refractivity contribution in [1.29, 1.82) is 0 Å². The molecule has 0 N–H and O–H groups in total. The molecule has 22 heavy (non-hydrogen) atoms. The third-order valence-corrected chi connectivity index (χ3v) is 3.81. The molecule has 0 saturated carbocycles. The summed E-state index contributed by atoms with van der Waals surface area (Å²) in [6.45, 7) is 0. The maximum Gasteiger partial charge on any atom is 0.257 e. The summed E-state index contributed by atoms with van der Waals surface area (Å²) < 4.78 is 6.75. The summed E-state index contributed by atoms with van der Waals surface area (Å²) in [5.41, 5.74) is 1.53. The molecule has 0 aliphatic heterocycles. The van der Waals surface area contributed by atoms with E-state index in [-0.39, 0.29) is 5.91 Å². The molecule has 0 fully saturated rings. The van der Waals surface area contributed by atoms with Crippen LogP contribution >= 0.6 is 11.8 Å². The van der Waals surface area contributed by atoms with Crippen LogP contribution < -0.4 is 0 Å². The molecule has 0 saturated heterocycles. The Kier molecular flexibility index (Phi) is 4.12. The van der Waals surface area contributed by atoms with E-state index in [1.807, 2.05) is 24.3 Å². The second kappa shape index (κ2) is 6.37. The molecule has 0 bridgehead atoms. The quantitative estimate of drug-likeness (QED) is 0.419. The maximum absolute atomic E-state index is 12.5. The zero-order valence-corrected chi connectivity index (χ0v) is 12.4. The number of allylic oxidation sites excluding steroid dienone is 1. The number of rotatable bonds is 4. The average Bonchev–Trinajstić information content (AvgIpc) is 3.17. The number of aromatic nitrogens is 2. The Morgan fingerprint density at radius 3 is 3.00 bits per heavy atom. The Bertz CT molecular complexity index is 870. The Balaban J connectivity index is 2.00. The lowest BCUT2D eigenvalue weighted by atomic mass is 10.3. The second-order valence-corrected chi connectivity index (χ2v) is 5.34. The molecule has 2 heterocycles. The van der Waals surface area contributed by atoms with Crippen LogP contribution in [0.4, 0.5) is 0 Å². The summed E-state index contributed by atoms with van der Waals surface area (Å²) in [7, 11) is 0. The van der Waals surface area contributed by atoms with E-state index in [1.165, 1.54) is 17.8 Å². The Morgan fingerprint density at radius 2 is 2.23 bits per heavy atom. The van der Waals surface area contributed by atoms with Crippen LogP contribution in [0.5, 0.6) is 0 Å². The van der Waals surface area contributed by atoms with Gasteiger partial charge in [-0.2, -0.15) is 0 Å². The minimum Gasteiger partial charge on any atom is -0.465 e. The van der Waals surface area contributed by atoms with Crippen LogP contribution in [0.25, 0.3) is 17.1 Å². The van der Waals surface area contributed by atoms with Gasteiger partial charge in [0.2, 0.25) is 0 Å². The van der Waals surface area contributed by atoms with E-state index in [1.54, 1.807) is 29.0 Å². The molecule has 108 valence electrons. The number of carbonyl (C=O) groups is 1. The van der Waals surface area contributed by atoms with Gasteiger partial charge in [-0.1, -0.05) is 29.8 Å². The summed E-state index contributed by atoms with van der Waals surface area (Å²) >= 11 is 1.36. The Hall–Kier alpha value is -2.71. The Morgan fingerprint density at radius 1 is 1.36 bits per heavy atom. The first-order chi connectivity index (χ1) is 10.8. The maximum atomic E-state index is 12.5. The van der Waals surface area contributed by atoms with Crippen molar-refractivity contribution in [1.82, 2.24) is 9.55 Å². The lowest BCUT2D eigenvalue weighted by molar-refractivity contribution is 0.0965. The highest BCUT2D eigenvalue weighted by atomic mass is 32.2. The molecule has 0 aliphatic rings. The fourth-order valence-electron chi connectivity index (χ4n) is 2.03. The number of hydrogen-bond acceptors (Lipinski definition) is 4. The van der Waals surface area contributed by atoms with E-state index in [2.05, 4.69) is 10.9 Å². The predicted octanol–water partition coefficient (Wildman–Crippen LogP) is 3.71. The van der Waals surface area contributed by atoms with Crippen molar-refractivity contribution in [2.24, 2.45) is 0 Å². The van der Waals surface area contributed by atoms with Crippen LogP contribution in [-0.4, -0.2) is 21.2 Å². The summed E-state index contributed by atoms with van der Waals surface area (Å²) in [6, 6.07) is 11.0. The van der Waals surface area contributed by atoms with Gasteiger partial charge in [0.05, 0.1) is 23.0 Å². The van der Waals surface area contributed by atoms with Crippen LogP contribution in [0.3, 0.4) is 0 Å². The standard InChI is InChI=1S/C17H12N2O2S/c1-2-12-22-17-18-14-7-3-4-8-15(14)19(17)16(20)10-9-13-6-5-11-21-13/h1,3-11H,12H2/b10-9-. The highest BCUT2D eigenvalue weighted by Crippen LogP contribution is 2.24. The zero-order valence-electron chi connectivity index (χ0n) is 11.6. The van der Waals surface area contributed by atoms with Crippen molar-refractivity contribution >= 4 is 34.8 Å². The fraction of sp³-hybridized carbons (Fsp3) is 0.0588. The molecule has 0 spiro atoms. The number of para-hydroxylation sites is 2. The highest BCUT2D eigenvalue weighted by Gasteiger charge is 2.14. The van der Waals surface area contributed by atoms with Crippen LogP contribution in [-0.2, 0) is 0 Å². The van der Waals surface area contributed by atoms with Gasteiger partial charge in [0, 0.05) is 6.08 Å². The minimum atomic E-state index is -0.190. The lowest BCUT2D eigenvalue weighted by Gasteiger charge is -2.03. The zero-order chi connectivity index (χ0) is 15.4. The third-order valence-electron chi connectivity index (χ3n) is 2.97. The van der Waals surface area contributed by atoms with Gasteiger partial charge < -0.3 is 4.42 Å². The second-order valence-electron chi connectivity index (χ2n) is 4.40. The number of terminal acetylenes is 1. The van der Waals surface area contributed by atoms with E-state index >= 15 is 0 Å². The molecule has 2 aromatic heterocycles. The van der Waals surface area contributed by atoms with Crippen LogP contribution in [0.15, 0.2) is 58.3 Å². The molecule has 0 aliphatic carbocycles. The molecule has 1 aromatic carbocycles.